The van der Waals surface area contributed by atoms with Crippen molar-refractivity contribution < 1.29 is 0 Å². The van der Waals surface area contributed by atoms with Crippen LogP contribution in [0.15, 0.2) is 146 Å². The maximum absolute atomic E-state index is 5.34. The lowest BCUT2D eigenvalue weighted by molar-refractivity contribution is 0.735. The van der Waals surface area contributed by atoms with Crippen molar-refractivity contribution in [2.75, 3.05) is 0 Å². The van der Waals surface area contributed by atoms with Crippen LogP contribution in [0.1, 0.15) is 22.4 Å². The molecular formula is C34H24N2. The van der Waals surface area contributed by atoms with Crippen molar-refractivity contribution in [1.82, 2.24) is 9.55 Å². The van der Waals surface area contributed by atoms with E-state index in [4.69, 9.17) is 4.98 Å². The lowest BCUT2D eigenvalue weighted by Gasteiger charge is -2.32. The van der Waals surface area contributed by atoms with Crippen LogP contribution in [-0.2, 0) is 5.41 Å². The minimum Gasteiger partial charge on any atom is -0.324 e. The summed E-state index contributed by atoms with van der Waals surface area (Å²) in [6.07, 6.45) is 4.43. The van der Waals surface area contributed by atoms with Crippen LogP contribution < -0.4 is 0 Å². The van der Waals surface area contributed by atoms with Gasteiger partial charge in [-0.1, -0.05) is 103 Å². The fourth-order valence-electron chi connectivity index (χ4n) is 5.76. The summed E-state index contributed by atoms with van der Waals surface area (Å²) in [6.45, 7) is 0. The van der Waals surface area contributed by atoms with Crippen LogP contribution in [0.25, 0.3) is 28.1 Å². The van der Waals surface area contributed by atoms with Crippen LogP contribution in [0, 0.1) is 0 Å². The number of hydrogen-bond donors (Lipinski definition) is 0. The first-order valence-electron chi connectivity index (χ1n) is 12.3. The summed E-state index contributed by atoms with van der Waals surface area (Å²) in [7, 11) is 0. The zero-order valence-corrected chi connectivity index (χ0v) is 19.8. The molecule has 2 heterocycles. The first kappa shape index (κ1) is 20.7. The Hall–Kier alpha value is -4.69. The van der Waals surface area contributed by atoms with Crippen molar-refractivity contribution in [2.24, 2.45) is 0 Å². The van der Waals surface area contributed by atoms with E-state index in [2.05, 4.69) is 144 Å². The first-order valence-corrected chi connectivity index (χ1v) is 12.3. The minimum absolute atomic E-state index is 0.516. The van der Waals surface area contributed by atoms with Gasteiger partial charge in [-0.15, -0.1) is 0 Å². The van der Waals surface area contributed by atoms with Gasteiger partial charge in [-0.3, -0.25) is 4.98 Å². The Balaban J connectivity index is 1.54. The molecule has 0 aliphatic heterocycles. The van der Waals surface area contributed by atoms with Crippen LogP contribution in [0.3, 0.4) is 0 Å². The molecule has 1 aliphatic carbocycles. The molecule has 2 nitrogen and oxygen atoms in total. The summed E-state index contributed by atoms with van der Waals surface area (Å²) in [5.41, 5.74) is 10.1. The Kier molecular flexibility index (Phi) is 4.71. The van der Waals surface area contributed by atoms with Crippen molar-refractivity contribution in [3.05, 3.63) is 168 Å². The summed E-state index contributed by atoms with van der Waals surface area (Å²) in [5.74, 6) is 0. The largest absolute Gasteiger partial charge is 0.324 e. The van der Waals surface area contributed by atoms with Gasteiger partial charge in [0, 0.05) is 23.6 Å². The Morgan fingerprint density at radius 2 is 1.14 bits per heavy atom. The summed E-state index contributed by atoms with van der Waals surface area (Å²) < 4.78 is 2.21. The molecule has 0 amide bonds. The second kappa shape index (κ2) is 8.21. The third-order valence-electron chi connectivity index (χ3n) is 7.34. The van der Waals surface area contributed by atoms with E-state index < -0.39 is 5.41 Å². The second-order valence-electron chi connectivity index (χ2n) is 9.26. The molecule has 2 heteroatoms. The highest BCUT2D eigenvalue weighted by atomic mass is 14.9. The van der Waals surface area contributed by atoms with Gasteiger partial charge in [0.15, 0.2) is 0 Å². The lowest BCUT2D eigenvalue weighted by atomic mass is 9.70. The predicted molar refractivity (Wildman–Crippen MR) is 146 cm³/mol. The summed E-state index contributed by atoms with van der Waals surface area (Å²) in [6, 6.07) is 47.2. The molecule has 0 fully saturated rings. The molecule has 1 aliphatic rings. The van der Waals surface area contributed by atoms with E-state index in [1.54, 1.807) is 0 Å². The number of nitrogens with zero attached hydrogens (tertiary/aromatic N) is 2. The molecule has 0 N–H and O–H groups in total. The van der Waals surface area contributed by atoms with E-state index in [0.717, 1.165) is 22.6 Å². The average molecular weight is 461 g/mol. The van der Waals surface area contributed by atoms with Crippen molar-refractivity contribution in [2.45, 2.75) is 5.41 Å². The molecule has 0 radical (unpaired) electrons. The predicted octanol–water partition coefficient (Wildman–Crippen LogP) is 7.90. The van der Waals surface area contributed by atoms with Crippen LogP contribution in [0.5, 0.6) is 0 Å². The molecule has 0 saturated heterocycles. The quantitative estimate of drug-likeness (QED) is 0.261. The molecule has 6 aromatic rings. The topological polar surface area (TPSA) is 17.8 Å². The van der Waals surface area contributed by atoms with E-state index in [1.807, 2.05) is 6.07 Å². The van der Waals surface area contributed by atoms with E-state index in [-0.39, 0.29) is 0 Å². The molecule has 0 atom stereocenters. The van der Waals surface area contributed by atoms with E-state index in [0.29, 0.717) is 0 Å². The van der Waals surface area contributed by atoms with Gasteiger partial charge in [0.2, 0.25) is 0 Å². The zero-order valence-electron chi connectivity index (χ0n) is 19.8. The molecular weight excluding hydrogens is 436 g/mol. The average Bonchev–Trinajstić information content (AvgIpc) is 3.56. The van der Waals surface area contributed by atoms with Crippen LogP contribution >= 0.6 is 0 Å². The minimum atomic E-state index is -0.516. The standard InChI is InChI=1S/C34H24N2/c1-3-12-25(13-4-1)32-20-11-21-33(35-32)34(26-22-23-36(24-26)27-14-5-2-6-15-27)30-18-9-7-16-28(30)29-17-8-10-19-31(29)34/h1-24H. The normalized spacial score (nSPS) is 13.2. The number of benzene rings is 4. The third kappa shape index (κ3) is 3.01. The molecule has 4 aromatic carbocycles. The zero-order chi connectivity index (χ0) is 24.0. The molecule has 2 aromatic heterocycles. The number of fused-ring (bicyclic) bond motifs is 3. The molecule has 36 heavy (non-hydrogen) atoms. The van der Waals surface area contributed by atoms with Crippen molar-refractivity contribution in [3.63, 3.8) is 0 Å². The highest BCUT2D eigenvalue weighted by molar-refractivity contribution is 5.86. The van der Waals surface area contributed by atoms with Gasteiger partial charge >= 0.3 is 0 Å². The Morgan fingerprint density at radius 1 is 0.528 bits per heavy atom. The monoisotopic (exact) mass is 460 g/mol. The first-order chi connectivity index (χ1) is 17.9. The van der Waals surface area contributed by atoms with Gasteiger partial charge < -0.3 is 4.57 Å². The SMILES string of the molecule is c1ccc(-c2cccc(C3(c4ccn(-c5ccccc5)c4)c4ccccc4-c4ccccc43)n2)cc1. The Labute approximate surface area is 211 Å². The molecule has 0 unspecified atom stereocenters. The number of pyridine rings is 1. The van der Waals surface area contributed by atoms with Crippen LogP contribution in [0.2, 0.25) is 0 Å². The summed E-state index contributed by atoms with van der Waals surface area (Å²) in [5, 5.41) is 0. The van der Waals surface area contributed by atoms with Gasteiger partial charge in [0.05, 0.1) is 16.8 Å². The summed E-state index contributed by atoms with van der Waals surface area (Å²) >= 11 is 0. The fourth-order valence-corrected chi connectivity index (χ4v) is 5.76. The van der Waals surface area contributed by atoms with Gasteiger partial charge in [-0.2, -0.15) is 0 Å². The molecule has 7 rings (SSSR count). The van der Waals surface area contributed by atoms with Crippen molar-refractivity contribution >= 4 is 0 Å². The maximum atomic E-state index is 5.34. The number of rotatable bonds is 4. The fraction of sp³-hybridized carbons (Fsp3) is 0.0294. The molecule has 0 bridgehead atoms. The second-order valence-corrected chi connectivity index (χ2v) is 9.26. The Morgan fingerprint density at radius 3 is 1.83 bits per heavy atom. The number of para-hydroxylation sites is 1. The van der Waals surface area contributed by atoms with E-state index >= 15 is 0 Å². The number of aromatic nitrogens is 2. The van der Waals surface area contributed by atoms with Gasteiger partial charge in [0.1, 0.15) is 0 Å². The van der Waals surface area contributed by atoms with Crippen molar-refractivity contribution in [3.8, 4) is 28.1 Å². The number of hydrogen-bond acceptors (Lipinski definition) is 1. The lowest BCUT2D eigenvalue weighted by Crippen LogP contribution is -2.29. The Bertz CT molecular complexity index is 1630. The van der Waals surface area contributed by atoms with E-state index in [9.17, 15) is 0 Å². The van der Waals surface area contributed by atoms with Gasteiger partial charge in [0.25, 0.3) is 0 Å². The highest BCUT2D eigenvalue weighted by Crippen LogP contribution is 2.55. The van der Waals surface area contributed by atoms with Gasteiger partial charge in [-0.05, 0) is 58.1 Å². The van der Waals surface area contributed by atoms with Crippen molar-refractivity contribution in [1.29, 1.82) is 0 Å². The van der Waals surface area contributed by atoms with Crippen LogP contribution in [-0.4, -0.2) is 9.55 Å². The molecule has 0 spiro atoms. The highest BCUT2D eigenvalue weighted by Gasteiger charge is 2.47. The smallest absolute Gasteiger partial charge is 0.0900 e. The molecule has 170 valence electrons. The summed E-state index contributed by atoms with van der Waals surface area (Å²) in [4.78, 5) is 5.34. The van der Waals surface area contributed by atoms with Crippen LogP contribution in [0.4, 0.5) is 0 Å². The maximum Gasteiger partial charge on any atom is 0.0900 e. The van der Waals surface area contributed by atoms with E-state index in [1.165, 1.54) is 27.8 Å². The third-order valence-corrected chi connectivity index (χ3v) is 7.34. The van der Waals surface area contributed by atoms with Gasteiger partial charge in [-0.25, -0.2) is 0 Å². The molecule has 0 saturated carbocycles.